The number of carbonyl (C=O) groups excluding carboxylic acids is 1. The number of rotatable bonds is 1. The van der Waals surface area contributed by atoms with Crippen molar-refractivity contribution in [2.45, 2.75) is 25.7 Å². The molecule has 2 heterocycles. The van der Waals surface area contributed by atoms with Crippen molar-refractivity contribution >= 4 is 22.6 Å². The molecule has 0 bridgehead atoms. The number of para-hydroxylation sites is 1. The van der Waals surface area contributed by atoms with Gasteiger partial charge >= 0.3 is 0 Å². The molecular formula is C16H19N3O. The Labute approximate surface area is 118 Å². The second kappa shape index (κ2) is 5.49. The molecule has 20 heavy (non-hydrogen) atoms. The molecule has 0 unspecified atom stereocenters. The third kappa shape index (κ3) is 2.46. The molecule has 1 fully saturated rings. The molecule has 4 heteroatoms. The largest absolute Gasteiger partial charge is 0.384 e. The average Bonchev–Trinajstić information content (AvgIpc) is 2.74. The number of hydrogen-bond donors (Lipinski definition) is 1. The van der Waals surface area contributed by atoms with E-state index in [1.54, 1.807) is 6.07 Å². The van der Waals surface area contributed by atoms with Crippen LogP contribution in [0.1, 0.15) is 36.0 Å². The minimum absolute atomic E-state index is 0.0807. The van der Waals surface area contributed by atoms with Gasteiger partial charge in [-0.25, -0.2) is 4.98 Å². The number of anilines is 1. The molecule has 2 N–H and O–H groups in total. The number of hydrogen-bond acceptors (Lipinski definition) is 3. The number of pyridine rings is 1. The van der Waals surface area contributed by atoms with E-state index in [1.165, 1.54) is 12.8 Å². The predicted octanol–water partition coefficient (Wildman–Crippen LogP) is 2.83. The molecule has 104 valence electrons. The highest BCUT2D eigenvalue weighted by Crippen LogP contribution is 2.22. The van der Waals surface area contributed by atoms with Crippen molar-refractivity contribution in [1.29, 1.82) is 0 Å². The smallest absolute Gasteiger partial charge is 0.254 e. The number of carbonyl (C=O) groups is 1. The van der Waals surface area contributed by atoms with Crippen LogP contribution < -0.4 is 5.73 Å². The average molecular weight is 269 g/mol. The van der Waals surface area contributed by atoms with Crippen molar-refractivity contribution in [1.82, 2.24) is 9.88 Å². The lowest BCUT2D eigenvalue weighted by atomic mass is 10.1. The number of amides is 1. The molecule has 4 nitrogen and oxygen atoms in total. The van der Waals surface area contributed by atoms with Gasteiger partial charge in [-0.2, -0.15) is 0 Å². The second-order valence-electron chi connectivity index (χ2n) is 5.32. The Hall–Kier alpha value is -2.10. The van der Waals surface area contributed by atoms with Crippen molar-refractivity contribution in [3.05, 3.63) is 35.9 Å². The maximum absolute atomic E-state index is 12.8. The lowest BCUT2D eigenvalue weighted by molar-refractivity contribution is 0.0763. The van der Waals surface area contributed by atoms with E-state index in [2.05, 4.69) is 4.98 Å². The SMILES string of the molecule is Nc1cc(C(=O)N2CCCCCC2)c2ccccc2n1. The molecule has 1 amide bonds. The first-order valence-electron chi connectivity index (χ1n) is 7.20. The number of fused-ring (bicyclic) bond motifs is 1. The summed E-state index contributed by atoms with van der Waals surface area (Å²) in [5.41, 5.74) is 7.30. The van der Waals surface area contributed by atoms with E-state index in [0.717, 1.165) is 36.8 Å². The van der Waals surface area contributed by atoms with Crippen LogP contribution in [0.4, 0.5) is 5.82 Å². The molecular weight excluding hydrogens is 250 g/mol. The molecule has 1 aromatic carbocycles. The third-order valence-electron chi connectivity index (χ3n) is 3.86. The molecule has 0 spiro atoms. The zero-order valence-corrected chi connectivity index (χ0v) is 11.5. The van der Waals surface area contributed by atoms with Crippen LogP contribution in [0.2, 0.25) is 0 Å². The molecule has 0 saturated carbocycles. The van der Waals surface area contributed by atoms with Crippen molar-refractivity contribution in [3.8, 4) is 0 Å². The van der Waals surface area contributed by atoms with Crippen LogP contribution in [0, 0.1) is 0 Å². The fourth-order valence-electron chi connectivity index (χ4n) is 2.82. The number of nitrogens with zero attached hydrogens (tertiary/aromatic N) is 2. The van der Waals surface area contributed by atoms with Gasteiger partial charge in [0.1, 0.15) is 5.82 Å². The van der Waals surface area contributed by atoms with Crippen LogP contribution in [0.25, 0.3) is 10.9 Å². The summed E-state index contributed by atoms with van der Waals surface area (Å²) in [5, 5.41) is 0.885. The fourth-order valence-corrected chi connectivity index (χ4v) is 2.82. The molecule has 2 aromatic rings. The maximum atomic E-state index is 12.8. The van der Waals surface area contributed by atoms with Gasteiger partial charge in [0.2, 0.25) is 0 Å². The Kier molecular flexibility index (Phi) is 3.54. The van der Waals surface area contributed by atoms with Crippen LogP contribution in [0.3, 0.4) is 0 Å². The Balaban J connectivity index is 2.02. The minimum atomic E-state index is 0.0807. The van der Waals surface area contributed by atoms with E-state index in [4.69, 9.17) is 5.73 Å². The molecule has 0 atom stereocenters. The van der Waals surface area contributed by atoms with E-state index in [9.17, 15) is 4.79 Å². The molecule has 1 aliphatic rings. The van der Waals surface area contributed by atoms with Gasteiger partial charge in [-0.05, 0) is 25.0 Å². The van der Waals surface area contributed by atoms with Crippen LogP contribution in [0.15, 0.2) is 30.3 Å². The summed E-state index contributed by atoms with van der Waals surface area (Å²) in [4.78, 5) is 19.0. The molecule has 1 saturated heterocycles. The van der Waals surface area contributed by atoms with E-state index in [0.29, 0.717) is 11.4 Å². The molecule has 1 aliphatic heterocycles. The van der Waals surface area contributed by atoms with Gasteiger partial charge in [-0.1, -0.05) is 31.0 Å². The topological polar surface area (TPSA) is 59.2 Å². The van der Waals surface area contributed by atoms with Crippen LogP contribution >= 0.6 is 0 Å². The summed E-state index contributed by atoms with van der Waals surface area (Å²) < 4.78 is 0. The molecule has 3 rings (SSSR count). The maximum Gasteiger partial charge on any atom is 0.254 e. The third-order valence-corrected chi connectivity index (χ3v) is 3.86. The van der Waals surface area contributed by atoms with Crippen molar-refractivity contribution < 1.29 is 4.79 Å². The summed E-state index contributed by atoms with van der Waals surface area (Å²) in [7, 11) is 0. The number of nitrogen functional groups attached to an aromatic ring is 1. The first-order chi connectivity index (χ1) is 9.75. The Morgan fingerprint density at radius 1 is 1.10 bits per heavy atom. The Morgan fingerprint density at radius 3 is 2.55 bits per heavy atom. The van der Waals surface area contributed by atoms with E-state index < -0.39 is 0 Å². The van der Waals surface area contributed by atoms with Gasteiger partial charge in [0.15, 0.2) is 0 Å². The fraction of sp³-hybridized carbons (Fsp3) is 0.375. The summed E-state index contributed by atoms with van der Waals surface area (Å²) in [6.07, 6.45) is 4.60. The predicted molar refractivity (Wildman–Crippen MR) is 80.5 cm³/mol. The zero-order chi connectivity index (χ0) is 13.9. The van der Waals surface area contributed by atoms with E-state index in [-0.39, 0.29) is 5.91 Å². The lowest BCUT2D eigenvalue weighted by Gasteiger charge is -2.21. The number of benzene rings is 1. The summed E-state index contributed by atoms with van der Waals surface area (Å²) in [5.74, 6) is 0.485. The minimum Gasteiger partial charge on any atom is -0.384 e. The number of likely N-dealkylation sites (tertiary alicyclic amines) is 1. The van der Waals surface area contributed by atoms with Gasteiger partial charge in [0, 0.05) is 18.5 Å². The van der Waals surface area contributed by atoms with Crippen molar-refractivity contribution in [2.24, 2.45) is 0 Å². The molecule has 0 aliphatic carbocycles. The van der Waals surface area contributed by atoms with Gasteiger partial charge in [-0.15, -0.1) is 0 Å². The Bertz CT molecular complexity index is 631. The Morgan fingerprint density at radius 2 is 1.80 bits per heavy atom. The van der Waals surface area contributed by atoms with Crippen LogP contribution in [0.5, 0.6) is 0 Å². The second-order valence-corrected chi connectivity index (χ2v) is 5.32. The van der Waals surface area contributed by atoms with Crippen LogP contribution in [-0.2, 0) is 0 Å². The molecule has 0 radical (unpaired) electrons. The van der Waals surface area contributed by atoms with Gasteiger partial charge < -0.3 is 10.6 Å². The first-order valence-corrected chi connectivity index (χ1v) is 7.20. The van der Waals surface area contributed by atoms with Gasteiger partial charge in [0.05, 0.1) is 11.1 Å². The highest BCUT2D eigenvalue weighted by atomic mass is 16.2. The molecule has 1 aromatic heterocycles. The number of nitrogens with two attached hydrogens (primary N) is 1. The van der Waals surface area contributed by atoms with Gasteiger partial charge in [-0.3, -0.25) is 4.79 Å². The quantitative estimate of drug-likeness (QED) is 0.866. The van der Waals surface area contributed by atoms with E-state index >= 15 is 0 Å². The first kappa shape index (κ1) is 12.9. The van der Waals surface area contributed by atoms with Crippen molar-refractivity contribution in [2.75, 3.05) is 18.8 Å². The summed E-state index contributed by atoms with van der Waals surface area (Å²) >= 11 is 0. The summed E-state index contributed by atoms with van der Waals surface area (Å²) in [6.45, 7) is 1.69. The highest BCUT2D eigenvalue weighted by Gasteiger charge is 2.20. The van der Waals surface area contributed by atoms with E-state index in [1.807, 2.05) is 29.2 Å². The number of aromatic nitrogens is 1. The lowest BCUT2D eigenvalue weighted by Crippen LogP contribution is -2.32. The van der Waals surface area contributed by atoms with Crippen LogP contribution in [-0.4, -0.2) is 28.9 Å². The zero-order valence-electron chi connectivity index (χ0n) is 11.5. The standard InChI is InChI=1S/C16H19N3O/c17-15-11-13(12-7-3-4-8-14(12)18-15)16(20)19-9-5-1-2-6-10-19/h3-4,7-8,11H,1-2,5-6,9-10H2,(H2,17,18). The normalized spacial score (nSPS) is 16.1. The monoisotopic (exact) mass is 269 g/mol. The highest BCUT2D eigenvalue weighted by molar-refractivity contribution is 6.06. The van der Waals surface area contributed by atoms with Gasteiger partial charge in [0.25, 0.3) is 5.91 Å². The summed E-state index contributed by atoms with van der Waals surface area (Å²) in [6, 6.07) is 9.38. The van der Waals surface area contributed by atoms with Crippen molar-refractivity contribution in [3.63, 3.8) is 0 Å².